The first-order chi connectivity index (χ1) is 8.73. The number of halogens is 3. The molecule has 0 aromatic carbocycles. The molecule has 3 unspecified atom stereocenters. The molecule has 0 bridgehead atoms. The maximum Gasteiger partial charge on any atom is 0.401 e. The van der Waals surface area contributed by atoms with Crippen LogP contribution in [0.25, 0.3) is 0 Å². The van der Waals surface area contributed by atoms with Gasteiger partial charge in [-0.25, -0.2) is 0 Å². The minimum atomic E-state index is -4.12. The summed E-state index contributed by atoms with van der Waals surface area (Å²) in [7, 11) is 0. The van der Waals surface area contributed by atoms with Gasteiger partial charge in [-0.15, -0.1) is 0 Å². The van der Waals surface area contributed by atoms with Crippen molar-refractivity contribution in [3.8, 4) is 0 Å². The van der Waals surface area contributed by atoms with Crippen LogP contribution in [0.3, 0.4) is 0 Å². The lowest BCUT2D eigenvalue weighted by atomic mass is 9.73. The molecular weight excluding hydrogens is 253 g/mol. The van der Waals surface area contributed by atoms with E-state index in [1.54, 1.807) is 6.92 Å². The van der Waals surface area contributed by atoms with Crippen LogP contribution in [0.2, 0.25) is 0 Å². The standard InChI is InChI=1S/C14H27F3N2/c1-4-19(9-14(15,16)17)8-12-7-11(10(2)3)5-6-13(12)18/h10-13H,4-9,18H2,1-3H3. The monoisotopic (exact) mass is 280 g/mol. The molecule has 0 aromatic heterocycles. The Morgan fingerprint density at radius 1 is 1.26 bits per heavy atom. The van der Waals surface area contributed by atoms with Crippen molar-refractivity contribution in [3.05, 3.63) is 0 Å². The summed E-state index contributed by atoms with van der Waals surface area (Å²) in [5.41, 5.74) is 6.10. The van der Waals surface area contributed by atoms with E-state index < -0.39 is 12.7 Å². The minimum Gasteiger partial charge on any atom is -0.327 e. The van der Waals surface area contributed by atoms with E-state index in [-0.39, 0.29) is 12.0 Å². The Morgan fingerprint density at radius 3 is 2.37 bits per heavy atom. The molecule has 114 valence electrons. The highest BCUT2D eigenvalue weighted by molar-refractivity contribution is 4.85. The quantitative estimate of drug-likeness (QED) is 0.837. The molecule has 1 aliphatic rings. The van der Waals surface area contributed by atoms with Crippen LogP contribution in [-0.2, 0) is 0 Å². The molecule has 3 atom stereocenters. The Bertz CT molecular complexity index is 266. The first kappa shape index (κ1) is 16.8. The van der Waals surface area contributed by atoms with Crippen molar-refractivity contribution < 1.29 is 13.2 Å². The van der Waals surface area contributed by atoms with Crippen LogP contribution in [0.4, 0.5) is 13.2 Å². The molecule has 0 saturated heterocycles. The zero-order chi connectivity index (χ0) is 14.6. The number of hydrogen-bond donors (Lipinski definition) is 1. The summed E-state index contributed by atoms with van der Waals surface area (Å²) < 4.78 is 37.4. The Kier molecular flexibility index (Phi) is 6.12. The smallest absolute Gasteiger partial charge is 0.327 e. The van der Waals surface area contributed by atoms with Gasteiger partial charge in [-0.3, -0.25) is 4.90 Å². The Hall–Kier alpha value is -0.290. The lowest BCUT2D eigenvalue weighted by molar-refractivity contribution is -0.147. The van der Waals surface area contributed by atoms with E-state index in [9.17, 15) is 13.2 Å². The predicted molar refractivity (Wildman–Crippen MR) is 71.8 cm³/mol. The summed E-state index contributed by atoms with van der Waals surface area (Å²) in [4.78, 5) is 1.48. The Labute approximate surface area is 114 Å². The molecule has 0 heterocycles. The van der Waals surface area contributed by atoms with E-state index in [4.69, 9.17) is 5.73 Å². The van der Waals surface area contributed by atoms with Gasteiger partial charge in [-0.1, -0.05) is 20.8 Å². The van der Waals surface area contributed by atoms with Gasteiger partial charge in [-0.05, 0) is 43.6 Å². The van der Waals surface area contributed by atoms with Crippen molar-refractivity contribution in [1.82, 2.24) is 4.90 Å². The lowest BCUT2D eigenvalue weighted by Crippen LogP contribution is -2.46. The molecule has 1 rings (SSSR count). The number of nitrogens with two attached hydrogens (primary N) is 1. The summed E-state index contributed by atoms with van der Waals surface area (Å²) >= 11 is 0. The van der Waals surface area contributed by atoms with Gasteiger partial charge >= 0.3 is 6.18 Å². The van der Waals surface area contributed by atoms with E-state index in [1.807, 2.05) is 0 Å². The highest BCUT2D eigenvalue weighted by atomic mass is 19.4. The molecule has 5 heteroatoms. The zero-order valence-corrected chi connectivity index (χ0v) is 12.2. The summed E-state index contributed by atoms with van der Waals surface area (Å²) in [6, 6.07) is 0.0530. The molecular formula is C14H27F3N2. The van der Waals surface area contributed by atoms with Crippen LogP contribution in [0, 0.1) is 17.8 Å². The largest absolute Gasteiger partial charge is 0.401 e. The Morgan fingerprint density at radius 2 is 1.89 bits per heavy atom. The van der Waals surface area contributed by atoms with Crippen molar-refractivity contribution in [2.75, 3.05) is 19.6 Å². The van der Waals surface area contributed by atoms with Gasteiger partial charge < -0.3 is 5.73 Å². The maximum atomic E-state index is 12.5. The van der Waals surface area contributed by atoms with Crippen LogP contribution in [0.15, 0.2) is 0 Å². The highest BCUT2D eigenvalue weighted by Gasteiger charge is 2.34. The summed E-state index contributed by atoms with van der Waals surface area (Å²) in [5, 5.41) is 0. The van der Waals surface area contributed by atoms with Gasteiger partial charge in [0, 0.05) is 12.6 Å². The molecule has 2 N–H and O–H groups in total. The molecule has 1 saturated carbocycles. The van der Waals surface area contributed by atoms with E-state index in [2.05, 4.69) is 13.8 Å². The molecule has 1 fully saturated rings. The van der Waals surface area contributed by atoms with Crippen LogP contribution < -0.4 is 5.73 Å². The first-order valence-electron chi connectivity index (χ1n) is 7.27. The van der Waals surface area contributed by atoms with Gasteiger partial charge in [0.05, 0.1) is 6.54 Å². The fraction of sp³-hybridized carbons (Fsp3) is 1.00. The minimum absolute atomic E-state index is 0.0530. The molecule has 19 heavy (non-hydrogen) atoms. The third-order valence-corrected chi connectivity index (χ3v) is 4.37. The predicted octanol–water partition coefficient (Wildman–Crippen LogP) is 3.27. The van der Waals surface area contributed by atoms with Gasteiger partial charge in [0.25, 0.3) is 0 Å². The summed E-state index contributed by atoms with van der Waals surface area (Å²) in [5.74, 6) is 1.39. The van der Waals surface area contributed by atoms with Crippen LogP contribution >= 0.6 is 0 Å². The number of alkyl halides is 3. The molecule has 1 aliphatic carbocycles. The highest BCUT2D eigenvalue weighted by Crippen LogP contribution is 2.33. The third-order valence-electron chi connectivity index (χ3n) is 4.37. The number of rotatable bonds is 5. The third kappa shape index (κ3) is 5.69. The molecule has 0 amide bonds. The molecule has 2 nitrogen and oxygen atoms in total. The topological polar surface area (TPSA) is 29.3 Å². The van der Waals surface area contributed by atoms with Gasteiger partial charge in [0.2, 0.25) is 0 Å². The van der Waals surface area contributed by atoms with Gasteiger partial charge in [-0.2, -0.15) is 13.2 Å². The first-order valence-corrected chi connectivity index (χ1v) is 7.27. The zero-order valence-electron chi connectivity index (χ0n) is 12.2. The number of hydrogen-bond acceptors (Lipinski definition) is 2. The van der Waals surface area contributed by atoms with Crippen LogP contribution in [0.5, 0.6) is 0 Å². The van der Waals surface area contributed by atoms with Crippen molar-refractivity contribution in [1.29, 1.82) is 0 Å². The fourth-order valence-corrected chi connectivity index (χ4v) is 3.03. The normalized spacial score (nSPS) is 29.2. The van der Waals surface area contributed by atoms with Crippen molar-refractivity contribution in [2.24, 2.45) is 23.5 Å². The second-order valence-electron chi connectivity index (χ2n) is 6.18. The molecule has 0 spiro atoms. The lowest BCUT2D eigenvalue weighted by Gasteiger charge is -2.38. The van der Waals surface area contributed by atoms with Gasteiger partial charge in [0.15, 0.2) is 0 Å². The average molecular weight is 280 g/mol. The maximum absolute atomic E-state index is 12.5. The molecule has 0 aliphatic heterocycles. The fourth-order valence-electron chi connectivity index (χ4n) is 3.03. The van der Waals surface area contributed by atoms with Gasteiger partial charge in [0.1, 0.15) is 0 Å². The summed E-state index contributed by atoms with van der Waals surface area (Å²) in [6.45, 7) is 6.23. The summed E-state index contributed by atoms with van der Waals surface area (Å²) in [6.07, 6.45) is -1.10. The van der Waals surface area contributed by atoms with E-state index in [0.29, 0.717) is 24.9 Å². The van der Waals surface area contributed by atoms with Crippen molar-refractivity contribution >= 4 is 0 Å². The van der Waals surface area contributed by atoms with Crippen LogP contribution in [-0.4, -0.2) is 36.8 Å². The van der Waals surface area contributed by atoms with E-state index >= 15 is 0 Å². The van der Waals surface area contributed by atoms with Crippen LogP contribution in [0.1, 0.15) is 40.0 Å². The SMILES string of the molecule is CCN(CC1CC(C(C)C)CCC1N)CC(F)(F)F. The second kappa shape index (κ2) is 6.93. The molecule has 0 aromatic rings. The molecule has 0 radical (unpaired) electrons. The number of nitrogens with zero attached hydrogens (tertiary/aromatic N) is 1. The Balaban J connectivity index is 2.56. The average Bonchev–Trinajstić information content (AvgIpc) is 2.28. The second-order valence-corrected chi connectivity index (χ2v) is 6.18. The van der Waals surface area contributed by atoms with E-state index in [0.717, 1.165) is 19.3 Å². The van der Waals surface area contributed by atoms with Crippen molar-refractivity contribution in [3.63, 3.8) is 0 Å². The van der Waals surface area contributed by atoms with E-state index in [1.165, 1.54) is 4.90 Å². The van der Waals surface area contributed by atoms with Crippen molar-refractivity contribution in [2.45, 2.75) is 52.3 Å².